The Balaban J connectivity index is 2.47. The highest BCUT2D eigenvalue weighted by Gasteiger charge is 2.13. The fourth-order valence-electron chi connectivity index (χ4n) is 1.82. The third kappa shape index (κ3) is 3.13. The normalized spacial score (nSPS) is 10.5. The van der Waals surface area contributed by atoms with E-state index in [0.717, 1.165) is 6.07 Å². The average molecular weight is 356 g/mol. The summed E-state index contributed by atoms with van der Waals surface area (Å²) in [5.41, 5.74) is 11.7. The Morgan fingerprint density at radius 2 is 1.81 bits per heavy atom. The third-order valence-corrected chi connectivity index (χ3v) is 3.55. The first kappa shape index (κ1) is 15.2. The Morgan fingerprint density at radius 3 is 2.43 bits per heavy atom. The van der Waals surface area contributed by atoms with E-state index in [0.29, 0.717) is 15.7 Å². The van der Waals surface area contributed by atoms with E-state index in [1.165, 1.54) is 12.1 Å². The van der Waals surface area contributed by atoms with Crippen LogP contribution in [0.2, 0.25) is 0 Å². The molecular weight excluding hydrogens is 344 g/mol. The van der Waals surface area contributed by atoms with Crippen LogP contribution in [-0.4, -0.2) is 5.91 Å². The van der Waals surface area contributed by atoms with Gasteiger partial charge in [-0.05, 0) is 52.7 Å². The van der Waals surface area contributed by atoms with Gasteiger partial charge in [-0.3, -0.25) is 4.79 Å². The van der Waals surface area contributed by atoms with Gasteiger partial charge in [-0.25, -0.2) is 8.78 Å². The number of hydrogen-bond donors (Lipinski definition) is 3. The number of anilines is 3. The van der Waals surface area contributed by atoms with E-state index < -0.39 is 17.5 Å². The lowest BCUT2D eigenvalue weighted by molar-refractivity contribution is 0.100. The number of rotatable bonds is 3. The van der Waals surface area contributed by atoms with Gasteiger partial charge in [0.1, 0.15) is 11.6 Å². The molecule has 2 aromatic carbocycles. The van der Waals surface area contributed by atoms with E-state index in [2.05, 4.69) is 21.2 Å². The quantitative estimate of drug-likeness (QED) is 0.737. The smallest absolute Gasteiger partial charge is 0.250 e. The van der Waals surface area contributed by atoms with Crippen LogP contribution in [0.15, 0.2) is 28.7 Å². The number of amides is 1. The highest BCUT2D eigenvalue weighted by atomic mass is 79.9. The van der Waals surface area contributed by atoms with Crippen LogP contribution < -0.4 is 16.8 Å². The maximum atomic E-state index is 13.9. The molecule has 0 saturated carbocycles. The minimum Gasteiger partial charge on any atom is -0.398 e. The Labute approximate surface area is 128 Å². The summed E-state index contributed by atoms with van der Waals surface area (Å²) < 4.78 is 27.8. The van der Waals surface area contributed by atoms with Gasteiger partial charge in [-0.15, -0.1) is 0 Å². The first-order chi connectivity index (χ1) is 9.79. The van der Waals surface area contributed by atoms with Gasteiger partial charge in [0.05, 0.1) is 15.7 Å². The SMILES string of the molecule is Cc1cc(Br)c(F)cc1Nc1cc(C(N)=O)c(N)cc1F. The second-order valence-electron chi connectivity index (χ2n) is 4.49. The van der Waals surface area contributed by atoms with Crippen molar-refractivity contribution in [3.05, 3.63) is 51.5 Å². The molecule has 2 aromatic rings. The maximum Gasteiger partial charge on any atom is 0.250 e. The molecule has 0 bridgehead atoms. The molecule has 0 aliphatic rings. The minimum absolute atomic E-state index is 0.00543. The van der Waals surface area contributed by atoms with Crippen molar-refractivity contribution < 1.29 is 13.6 Å². The predicted octanol–water partition coefficient (Wildman–Crippen LogP) is 3.46. The summed E-state index contributed by atoms with van der Waals surface area (Å²) in [6, 6.07) is 4.97. The van der Waals surface area contributed by atoms with E-state index >= 15 is 0 Å². The zero-order chi connectivity index (χ0) is 15.7. The number of nitrogens with two attached hydrogens (primary N) is 2. The van der Waals surface area contributed by atoms with Crippen LogP contribution in [0.5, 0.6) is 0 Å². The monoisotopic (exact) mass is 355 g/mol. The van der Waals surface area contributed by atoms with Crippen molar-refractivity contribution in [3.63, 3.8) is 0 Å². The molecule has 0 aromatic heterocycles. The average Bonchev–Trinajstić information content (AvgIpc) is 2.38. The lowest BCUT2D eigenvalue weighted by atomic mass is 10.1. The maximum absolute atomic E-state index is 13.9. The largest absolute Gasteiger partial charge is 0.398 e. The lowest BCUT2D eigenvalue weighted by Gasteiger charge is -2.13. The van der Waals surface area contributed by atoms with Gasteiger partial charge in [0.15, 0.2) is 0 Å². The zero-order valence-electron chi connectivity index (χ0n) is 11.0. The van der Waals surface area contributed by atoms with Gasteiger partial charge in [-0.1, -0.05) is 0 Å². The van der Waals surface area contributed by atoms with E-state index in [9.17, 15) is 13.6 Å². The van der Waals surface area contributed by atoms with Crippen LogP contribution in [0.25, 0.3) is 0 Å². The molecule has 1 amide bonds. The number of carbonyl (C=O) groups excluding carboxylic acids is 1. The number of benzene rings is 2. The topological polar surface area (TPSA) is 81.1 Å². The second kappa shape index (κ2) is 5.69. The van der Waals surface area contributed by atoms with Crippen molar-refractivity contribution in [1.82, 2.24) is 0 Å². The van der Waals surface area contributed by atoms with Gasteiger partial charge < -0.3 is 16.8 Å². The molecule has 110 valence electrons. The van der Waals surface area contributed by atoms with Gasteiger partial charge in [0.2, 0.25) is 0 Å². The fraction of sp³-hybridized carbons (Fsp3) is 0.0714. The summed E-state index contributed by atoms with van der Waals surface area (Å²) in [6.07, 6.45) is 0. The molecule has 0 atom stereocenters. The number of halogens is 3. The van der Waals surface area contributed by atoms with Crippen LogP contribution in [0.3, 0.4) is 0 Å². The van der Waals surface area contributed by atoms with Crippen molar-refractivity contribution in [2.75, 3.05) is 11.1 Å². The van der Waals surface area contributed by atoms with Gasteiger partial charge >= 0.3 is 0 Å². The molecule has 0 radical (unpaired) electrons. The number of hydrogen-bond acceptors (Lipinski definition) is 3. The summed E-state index contributed by atoms with van der Waals surface area (Å²) in [5, 5.41) is 2.73. The van der Waals surface area contributed by atoms with Crippen molar-refractivity contribution in [3.8, 4) is 0 Å². The van der Waals surface area contributed by atoms with E-state index in [-0.39, 0.29) is 16.9 Å². The number of nitrogens with one attached hydrogen (secondary N) is 1. The molecule has 0 unspecified atom stereocenters. The van der Waals surface area contributed by atoms with E-state index in [4.69, 9.17) is 11.5 Å². The standard InChI is InChI=1S/C14H12BrF2N3O/c1-6-2-8(15)9(16)5-12(6)20-13-3-7(14(19)21)11(18)4-10(13)17/h2-5,20H,18H2,1H3,(H2,19,21). The first-order valence-electron chi connectivity index (χ1n) is 5.91. The molecule has 0 spiro atoms. The van der Waals surface area contributed by atoms with Crippen LogP contribution in [-0.2, 0) is 0 Å². The highest BCUT2D eigenvalue weighted by Crippen LogP contribution is 2.29. The summed E-state index contributed by atoms with van der Waals surface area (Å²) in [7, 11) is 0. The van der Waals surface area contributed by atoms with Crippen molar-refractivity contribution in [1.29, 1.82) is 0 Å². The summed E-state index contributed by atoms with van der Waals surface area (Å²) >= 11 is 3.07. The fourth-order valence-corrected chi connectivity index (χ4v) is 2.28. The molecule has 0 saturated heterocycles. The number of carbonyl (C=O) groups is 1. The molecule has 4 nitrogen and oxygen atoms in total. The van der Waals surface area contributed by atoms with Gasteiger partial charge in [0, 0.05) is 11.4 Å². The molecular formula is C14H12BrF2N3O. The first-order valence-corrected chi connectivity index (χ1v) is 6.70. The molecule has 0 fully saturated rings. The predicted molar refractivity (Wildman–Crippen MR) is 81.5 cm³/mol. The lowest BCUT2D eigenvalue weighted by Crippen LogP contribution is -2.14. The van der Waals surface area contributed by atoms with Crippen LogP contribution >= 0.6 is 15.9 Å². The molecule has 0 aliphatic heterocycles. The van der Waals surface area contributed by atoms with Crippen LogP contribution in [0.4, 0.5) is 25.8 Å². The third-order valence-electron chi connectivity index (χ3n) is 2.94. The number of primary amides is 1. The summed E-state index contributed by atoms with van der Waals surface area (Å²) in [4.78, 5) is 11.2. The van der Waals surface area contributed by atoms with Gasteiger partial charge in [-0.2, -0.15) is 0 Å². The zero-order valence-corrected chi connectivity index (χ0v) is 12.6. The molecule has 21 heavy (non-hydrogen) atoms. The van der Waals surface area contributed by atoms with Crippen LogP contribution in [0.1, 0.15) is 15.9 Å². The van der Waals surface area contributed by atoms with Crippen molar-refractivity contribution in [2.45, 2.75) is 6.92 Å². The number of nitrogen functional groups attached to an aromatic ring is 1. The Bertz CT molecular complexity index is 735. The minimum atomic E-state index is -0.769. The molecule has 2 rings (SSSR count). The molecule has 0 heterocycles. The number of aryl methyl sites for hydroxylation is 1. The van der Waals surface area contributed by atoms with E-state index in [1.807, 2.05) is 0 Å². The summed E-state index contributed by atoms with van der Waals surface area (Å²) in [5.74, 6) is -1.93. The Kier molecular flexibility index (Phi) is 4.13. The van der Waals surface area contributed by atoms with E-state index in [1.54, 1.807) is 13.0 Å². The molecule has 5 N–H and O–H groups in total. The Morgan fingerprint density at radius 1 is 1.14 bits per heavy atom. The second-order valence-corrected chi connectivity index (χ2v) is 5.34. The molecule has 0 aliphatic carbocycles. The summed E-state index contributed by atoms with van der Waals surface area (Å²) in [6.45, 7) is 1.73. The molecule has 7 heteroatoms. The van der Waals surface area contributed by atoms with Crippen molar-refractivity contribution in [2.24, 2.45) is 5.73 Å². The van der Waals surface area contributed by atoms with Gasteiger partial charge in [0.25, 0.3) is 5.91 Å². The van der Waals surface area contributed by atoms with Crippen LogP contribution in [0, 0.1) is 18.6 Å². The van der Waals surface area contributed by atoms with Crippen molar-refractivity contribution >= 4 is 38.9 Å². The Hall–Kier alpha value is -2.15. The highest BCUT2D eigenvalue weighted by molar-refractivity contribution is 9.10.